The maximum atomic E-state index is 13.1. The van der Waals surface area contributed by atoms with Crippen LogP contribution in [0.25, 0.3) is 0 Å². The van der Waals surface area contributed by atoms with E-state index in [9.17, 15) is 22.8 Å². The Morgan fingerprint density at radius 2 is 1.63 bits per heavy atom. The van der Waals surface area contributed by atoms with Crippen LogP contribution in [0.1, 0.15) is 36.6 Å². The van der Waals surface area contributed by atoms with E-state index in [0.29, 0.717) is 43.1 Å². The van der Waals surface area contributed by atoms with E-state index in [-0.39, 0.29) is 27.6 Å². The van der Waals surface area contributed by atoms with E-state index in [4.69, 9.17) is 9.47 Å². The van der Waals surface area contributed by atoms with E-state index in [2.05, 4.69) is 10.0 Å². The molecule has 1 heterocycles. The maximum Gasteiger partial charge on any atom is 0.339 e. The fourth-order valence-electron chi connectivity index (χ4n) is 3.94. The first-order chi connectivity index (χ1) is 18.2. The molecule has 0 atom stereocenters. The molecule has 0 aliphatic carbocycles. The number of para-hydroxylation sites is 1. The van der Waals surface area contributed by atoms with E-state index >= 15 is 0 Å². The number of hydrogen-bond donors (Lipinski definition) is 2. The summed E-state index contributed by atoms with van der Waals surface area (Å²) >= 11 is 0. The van der Waals surface area contributed by atoms with Gasteiger partial charge in [-0.25, -0.2) is 13.2 Å². The third kappa shape index (κ3) is 6.01. The van der Waals surface area contributed by atoms with Gasteiger partial charge in [-0.15, -0.1) is 0 Å². The number of hydrogen-bond acceptors (Lipinski definition) is 7. The van der Waals surface area contributed by atoms with Gasteiger partial charge in [0.2, 0.25) is 0 Å². The van der Waals surface area contributed by atoms with Gasteiger partial charge in [-0.1, -0.05) is 18.2 Å². The van der Waals surface area contributed by atoms with Crippen LogP contribution in [0.3, 0.4) is 0 Å². The number of anilines is 2. The van der Waals surface area contributed by atoms with E-state index in [0.717, 1.165) is 0 Å². The number of aryl methyl sites for hydroxylation is 1. The SMILES string of the molecule is COC(=O)c1ccccc1NC(=O)c1cccc(S(=O)(=O)Nc2ccc(C(=O)N3CCOCC3)cc2C)c1. The molecule has 2 N–H and O–H groups in total. The number of carbonyl (C=O) groups excluding carboxylic acids is 3. The monoisotopic (exact) mass is 537 g/mol. The van der Waals surface area contributed by atoms with Crippen molar-refractivity contribution in [3.8, 4) is 0 Å². The Hall–Kier alpha value is -4.22. The maximum absolute atomic E-state index is 13.1. The van der Waals surface area contributed by atoms with Crippen LogP contribution in [0.5, 0.6) is 0 Å². The van der Waals surface area contributed by atoms with Crippen molar-refractivity contribution in [2.75, 3.05) is 43.5 Å². The molecule has 4 rings (SSSR count). The first-order valence-corrected chi connectivity index (χ1v) is 13.3. The summed E-state index contributed by atoms with van der Waals surface area (Å²) < 4.78 is 38.8. The number of esters is 1. The molecule has 2 amide bonds. The van der Waals surface area contributed by atoms with E-state index in [1.807, 2.05) is 0 Å². The van der Waals surface area contributed by atoms with Crippen molar-refractivity contribution in [3.63, 3.8) is 0 Å². The minimum Gasteiger partial charge on any atom is -0.465 e. The van der Waals surface area contributed by atoms with Crippen LogP contribution in [-0.4, -0.2) is 64.5 Å². The normalized spacial score (nSPS) is 13.5. The van der Waals surface area contributed by atoms with Gasteiger partial charge in [-0.05, 0) is 61.0 Å². The molecular weight excluding hydrogens is 510 g/mol. The Morgan fingerprint density at radius 1 is 0.895 bits per heavy atom. The highest BCUT2D eigenvalue weighted by atomic mass is 32.2. The zero-order valence-corrected chi connectivity index (χ0v) is 21.7. The Kier molecular flexibility index (Phi) is 8.08. The quantitative estimate of drug-likeness (QED) is 0.442. The number of nitrogens with one attached hydrogen (secondary N) is 2. The van der Waals surface area contributed by atoms with Crippen molar-refractivity contribution in [2.24, 2.45) is 0 Å². The molecule has 3 aromatic carbocycles. The predicted octanol–water partition coefficient (Wildman–Crippen LogP) is 3.31. The van der Waals surface area contributed by atoms with Gasteiger partial charge in [0.05, 0.1) is 42.2 Å². The molecular formula is C27H27N3O7S. The lowest BCUT2D eigenvalue weighted by molar-refractivity contribution is 0.0303. The van der Waals surface area contributed by atoms with Gasteiger partial charge in [0.25, 0.3) is 21.8 Å². The molecule has 0 bridgehead atoms. The zero-order valence-electron chi connectivity index (χ0n) is 20.9. The number of ether oxygens (including phenoxy) is 2. The van der Waals surface area contributed by atoms with Crippen LogP contribution < -0.4 is 10.0 Å². The molecule has 3 aromatic rings. The fraction of sp³-hybridized carbons (Fsp3) is 0.222. The Balaban J connectivity index is 1.51. The van der Waals surface area contributed by atoms with Crippen LogP contribution in [0.2, 0.25) is 0 Å². The summed E-state index contributed by atoms with van der Waals surface area (Å²) in [5.74, 6) is -1.35. The van der Waals surface area contributed by atoms with Crippen LogP contribution >= 0.6 is 0 Å². The van der Waals surface area contributed by atoms with Crippen LogP contribution in [0.4, 0.5) is 11.4 Å². The largest absolute Gasteiger partial charge is 0.465 e. The summed E-state index contributed by atoms with van der Waals surface area (Å²) in [4.78, 5) is 39.2. The van der Waals surface area contributed by atoms with Gasteiger partial charge in [0.15, 0.2) is 0 Å². The molecule has 38 heavy (non-hydrogen) atoms. The van der Waals surface area contributed by atoms with E-state index < -0.39 is 21.9 Å². The van der Waals surface area contributed by atoms with Crippen molar-refractivity contribution in [1.82, 2.24) is 4.90 Å². The highest BCUT2D eigenvalue weighted by molar-refractivity contribution is 7.92. The summed E-state index contributed by atoms with van der Waals surface area (Å²) in [6.07, 6.45) is 0. The van der Waals surface area contributed by atoms with Crippen LogP contribution in [0.15, 0.2) is 71.6 Å². The van der Waals surface area contributed by atoms with Gasteiger partial charge < -0.3 is 19.7 Å². The number of nitrogens with zero attached hydrogens (tertiary/aromatic N) is 1. The molecule has 1 aliphatic rings. The van der Waals surface area contributed by atoms with Crippen LogP contribution in [0, 0.1) is 6.92 Å². The lowest BCUT2D eigenvalue weighted by atomic mass is 10.1. The van der Waals surface area contributed by atoms with Crippen molar-refractivity contribution in [1.29, 1.82) is 0 Å². The number of benzene rings is 3. The number of methoxy groups -OCH3 is 1. The molecule has 0 aromatic heterocycles. The van der Waals surface area contributed by atoms with Gasteiger partial charge in [0, 0.05) is 24.2 Å². The van der Waals surface area contributed by atoms with Gasteiger partial charge >= 0.3 is 5.97 Å². The van der Waals surface area contributed by atoms with Gasteiger partial charge in [-0.2, -0.15) is 0 Å². The number of amides is 2. The average Bonchev–Trinajstić information content (AvgIpc) is 2.94. The topological polar surface area (TPSA) is 131 Å². The van der Waals surface area contributed by atoms with Crippen molar-refractivity contribution >= 4 is 39.2 Å². The molecule has 11 heteroatoms. The van der Waals surface area contributed by atoms with Crippen molar-refractivity contribution < 1.29 is 32.3 Å². The molecule has 1 aliphatic heterocycles. The summed E-state index contributed by atoms with van der Waals surface area (Å²) in [6, 6.07) is 16.6. The minimum atomic E-state index is -4.06. The van der Waals surface area contributed by atoms with Gasteiger partial charge in [-0.3, -0.25) is 14.3 Å². The second-order valence-corrected chi connectivity index (χ2v) is 10.2. The van der Waals surface area contributed by atoms with Gasteiger partial charge in [0.1, 0.15) is 0 Å². The second kappa shape index (κ2) is 11.4. The average molecular weight is 538 g/mol. The molecule has 10 nitrogen and oxygen atoms in total. The first-order valence-electron chi connectivity index (χ1n) is 11.8. The third-order valence-electron chi connectivity index (χ3n) is 6.00. The molecule has 0 spiro atoms. The fourth-order valence-corrected chi connectivity index (χ4v) is 5.12. The highest BCUT2D eigenvalue weighted by Crippen LogP contribution is 2.23. The summed E-state index contributed by atoms with van der Waals surface area (Å²) in [5, 5.41) is 2.62. The molecule has 1 fully saturated rings. The van der Waals surface area contributed by atoms with Crippen molar-refractivity contribution in [3.05, 3.63) is 89.0 Å². The second-order valence-electron chi connectivity index (χ2n) is 8.56. The predicted molar refractivity (Wildman–Crippen MR) is 141 cm³/mol. The smallest absolute Gasteiger partial charge is 0.339 e. The lowest BCUT2D eigenvalue weighted by Gasteiger charge is -2.27. The lowest BCUT2D eigenvalue weighted by Crippen LogP contribution is -2.40. The molecule has 198 valence electrons. The van der Waals surface area contributed by atoms with E-state index in [1.54, 1.807) is 48.2 Å². The number of carbonyl (C=O) groups is 3. The summed E-state index contributed by atoms with van der Waals surface area (Å²) in [6.45, 7) is 3.68. The van der Waals surface area contributed by atoms with Crippen LogP contribution in [-0.2, 0) is 19.5 Å². The zero-order chi connectivity index (χ0) is 27.3. The molecule has 0 unspecified atom stereocenters. The summed E-state index contributed by atoms with van der Waals surface area (Å²) in [5.41, 5.74) is 1.82. The molecule has 0 radical (unpaired) electrons. The third-order valence-corrected chi connectivity index (χ3v) is 7.37. The Bertz CT molecular complexity index is 1480. The van der Waals surface area contributed by atoms with Crippen molar-refractivity contribution in [2.45, 2.75) is 11.8 Å². The Labute approximate surface area is 220 Å². The minimum absolute atomic E-state index is 0.0794. The number of sulfonamides is 1. The standard InChI is InChI=1S/C27H27N3O7S/c1-18-16-20(26(32)30-12-14-37-15-13-30)10-11-23(18)29-38(34,35)21-7-5-6-19(17-21)25(31)28-24-9-4-3-8-22(24)27(33)36-2/h3-11,16-17,29H,12-15H2,1-2H3,(H,28,31). The van der Waals surface area contributed by atoms with E-state index in [1.165, 1.54) is 37.4 Å². The molecule has 1 saturated heterocycles. The number of morpholine rings is 1. The number of rotatable bonds is 7. The summed E-state index contributed by atoms with van der Waals surface area (Å²) in [7, 11) is -2.82. The Morgan fingerprint density at radius 3 is 2.34 bits per heavy atom. The molecule has 0 saturated carbocycles. The highest BCUT2D eigenvalue weighted by Gasteiger charge is 2.22. The first kappa shape index (κ1) is 26.8.